The Balaban J connectivity index is 1.96. The van der Waals surface area contributed by atoms with Crippen LogP contribution in [0.25, 0.3) is 6.08 Å². The topological polar surface area (TPSA) is 63.7 Å². The van der Waals surface area contributed by atoms with Crippen LogP contribution in [0.1, 0.15) is 19.4 Å². The van der Waals surface area contributed by atoms with Crippen molar-refractivity contribution in [1.82, 2.24) is 4.90 Å². The lowest BCUT2D eigenvalue weighted by molar-refractivity contribution is -0.147. The lowest BCUT2D eigenvalue weighted by atomic mass is 10.2. The number of hydrogen-bond acceptors (Lipinski definition) is 5. The highest BCUT2D eigenvalue weighted by Crippen LogP contribution is 2.30. The average molecular weight is 345 g/mol. The Morgan fingerprint density at radius 1 is 1.25 bits per heavy atom. The van der Waals surface area contributed by atoms with Crippen LogP contribution in [0.2, 0.25) is 0 Å². The molecule has 0 spiro atoms. The van der Waals surface area contributed by atoms with Crippen molar-refractivity contribution in [1.29, 1.82) is 0 Å². The number of ether oxygens (including phenoxy) is 1. The van der Waals surface area contributed by atoms with E-state index in [0.29, 0.717) is 4.91 Å². The van der Waals surface area contributed by atoms with E-state index in [1.54, 1.807) is 12.2 Å². The number of esters is 1. The molecule has 126 valence electrons. The monoisotopic (exact) mass is 345 g/mol. The van der Waals surface area contributed by atoms with Crippen molar-refractivity contribution in [3.05, 3.63) is 53.0 Å². The first-order valence-corrected chi connectivity index (χ1v) is 8.41. The van der Waals surface area contributed by atoms with Crippen LogP contribution in [0.4, 0.5) is 4.79 Å². The van der Waals surface area contributed by atoms with Crippen LogP contribution in [0.3, 0.4) is 0 Å². The van der Waals surface area contributed by atoms with Crippen molar-refractivity contribution in [2.45, 2.75) is 13.8 Å². The van der Waals surface area contributed by atoms with Crippen molar-refractivity contribution in [3.8, 4) is 0 Å². The molecule has 0 saturated carbocycles. The van der Waals surface area contributed by atoms with Gasteiger partial charge in [-0.2, -0.15) is 0 Å². The van der Waals surface area contributed by atoms with Gasteiger partial charge < -0.3 is 4.74 Å². The predicted octanol–water partition coefficient (Wildman–Crippen LogP) is 3.48. The van der Waals surface area contributed by atoms with Crippen molar-refractivity contribution in [2.24, 2.45) is 5.92 Å². The molecular weight excluding hydrogens is 326 g/mol. The van der Waals surface area contributed by atoms with Gasteiger partial charge in [-0.1, -0.05) is 56.3 Å². The van der Waals surface area contributed by atoms with Gasteiger partial charge in [-0.15, -0.1) is 0 Å². The summed E-state index contributed by atoms with van der Waals surface area (Å²) in [5.41, 5.74) is 0.991. The number of hydrogen-bond donors (Lipinski definition) is 0. The minimum Gasteiger partial charge on any atom is -0.464 e. The summed E-state index contributed by atoms with van der Waals surface area (Å²) in [7, 11) is 0. The van der Waals surface area contributed by atoms with Gasteiger partial charge in [0.2, 0.25) is 0 Å². The molecule has 1 heterocycles. The van der Waals surface area contributed by atoms with Crippen LogP contribution in [-0.4, -0.2) is 35.2 Å². The summed E-state index contributed by atoms with van der Waals surface area (Å²) in [5.74, 6) is -0.844. The maximum Gasteiger partial charge on any atom is 0.326 e. The Morgan fingerprint density at radius 3 is 2.62 bits per heavy atom. The number of benzene rings is 1. The number of thioether (sulfide) groups is 1. The standard InChI is InChI=1S/C18H19NO4S/c1-13(2)12-23-16(20)11-19-17(21)15(24-18(19)22)10-6-9-14-7-4-3-5-8-14/h3-10,13H,11-12H2,1-2H3/b9-6-,15-10+. The molecule has 0 bridgehead atoms. The number of rotatable bonds is 6. The second kappa shape index (κ2) is 8.49. The van der Waals surface area contributed by atoms with E-state index in [4.69, 9.17) is 4.74 Å². The molecule has 2 amide bonds. The van der Waals surface area contributed by atoms with E-state index in [2.05, 4.69) is 0 Å². The van der Waals surface area contributed by atoms with Gasteiger partial charge in [0.25, 0.3) is 11.1 Å². The molecule has 2 rings (SSSR count). The lowest BCUT2D eigenvalue weighted by Crippen LogP contribution is -2.34. The molecule has 1 aliphatic heterocycles. The van der Waals surface area contributed by atoms with E-state index in [-0.39, 0.29) is 19.1 Å². The molecule has 0 atom stereocenters. The first-order chi connectivity index (χ1) is 11.5. The largest absolute Gasteiger partial charge is 0.464 e. The molecule has 1 aromatic carbocycles. The number of allylic oxidation sites excluding steroid dienone is 2. The van der Waals surface area contributed by atoms with Gasteiger partial charge in [0.15, 0.2) is 0 Å². The third-order valence-electron chi connectivity index (χ3n) is 3.07. The lowest BCUT2D eigenvalue weighted by Gasteiger charge is -2.12. The normalized spacial score (nSPS) is 16.6. The molecule has 0 N–H and O–H groups in total. The summed E-state index contributed by atoms with van der Waals surface area (Å²) in [4.78, 5) is 37.0. The molecule has 1 aliphatic rings. The zero-order valence-corrected chi connectivity index (χ0v) is 14.4. The Labute approximate surface area is 145 Å². The minimum atomic E-state index is -0.577. The third-order valence-corrected chi connectivity index (χ3v) is 4.00. The SMILES string of the molecule is CC(C)COC(=O)CN1C(=O)S/C(=C/C=C\c2ccccc2)C1=O. The highest BCUT2D eigenvalue weighted by atomic mass is 32.2. The summed E-state index contributed by atoms with van der Waals surface area (Å²) < 4.78 is 5.01. The fraction of sp³-hybridized carbons (Fsp3) is 0.278. The quantitative estimate of drug-likeness (QED) is 0.583. The van der Waals surface area contributed by atoms with Gasteiger partial charge in [0.05, 0.1) is 11.5 Å². The van der Waals surface area contributed by atoms with Crippen molar-refractivity contribution < 1.29 is 19.1 Å². The Bertz CT molecular complexity index is 680. The molecule has 0 aromatic heterocycles. The van der Waals surface area contributed by atoms with Gasteiger partial charge >= 0.3 is 5.97 Å². The van der Waals surface area contributed by atoms with E-state index >= 15 is 0 Å². The van der Waals surface area contributed by atoms with Crippen LogP contribution in [0, 0.1) is 5.92 Å². The molecule has 5 nitrogen and oxygen atoms in total. The van der Waals surface area contributed by atoms with Crippen molar-refractivity contribution in [3.63, 3.8) is 0 Å². The molecule has 24 heavy (non-hydrogen) atoms. The van der Waals surface area contributed by atoms with Crippen LogP contribution < -0.4 is 0 Å². The molecule has 0 unspecified atom stereocenters. The second-order valence-corrected chi connectivity index (χ2v) is 6.63. The highest BCUT2D eigenvalue weighted by molar-refractivity contribution is 8.18. The average Bonchev–Trinajstić information content (AvgIpc) is 2.82. The molecule has 0 radical (unpaired) electrons. The molecule has 1 saturated heterocycles. The van der Waals surface area contributed by atoms with E-state index in [1.807, 2.05) is 50.3 Å². The van der Waals surface area contributed by atoms with E-state index in [0.717, 1.165) is 22.2 Å². The summed E-state index contributed by atoms with van der Waals surface area (Å²) in [6, 6.07) is 9.61. The summed E-state index contributed by atoms with van der Waals surface area (Å²) in [5, 5.41) is -0.458. The van der Waals surface area contributed by atoms with Crippen LogP contribution >= 0.6 is 11.8 Å². The molecule has 1 fully saturated rings. The summed E-state index contributed by atoms with van der Waals surface area (Å²) in [6.07, 6.45) is 5.13. The van der Waals surface area contributed by atoms with Gasteiger partial charge in [0, 0.05) is 0 Å². The first kappa shape index (κ1) is 18.0. The third kappa shape index (κ3) is 5.09. The minimum absolute atomic E-state index is 0.201. The molecule has 0 aliphatic carbocycles. The molecule has 1 aromatic rings. The smallest absolute Gasteiger partial charge is 0.326 e. The number of nitrogens with zero attached hydrogens (tertiary/aromatic N) is 1. The molecule has 6 heteroatoms. The zero-order valence-electron chi connectivity index (χ0n) is 13.6. The zero-order chi connectivity index (χ0) is 17.5. The summed E-state index contributed by atoms with van der Waals surface area (Å²) >= 11 is 0.823. The Hall–Kier alpha value is -2.34. The highest BCUT2D eigenvalue weighted by Gasteiger charge is 2.36. The number of carbonyl (C=O) groups excluding carboxylic acids is 3. The van der Waals surface area contributed by atoms with Gasteiger partial charge in [-0.3, -0.25) is 19.3 Å². The van der Waals surface area contributed by atoms with E-state index in [9.17, 15) is 14.4 Å². The van der Waals surface area contributed by atoms with Crippen molar-refractivity contribution in [2.75, 3.05) is 13.2 Å². The fourth-order valence-corrected chi connectivity index (χ4v) is 2.69. The van der Waals surface area contributed by atoms with E-state index < -0.39 is 17.1 Å². The van der Waals surface area contributed by atoms with Crippen molar-refractivity contribution >= 4 is 35.0 Å². The fourth-order valence-electron chi connectivity index (χ4n) is 1.90. The predicted molar refractivity (Wildman–Crippen MR) is 94.1 cm³/mol. The summed E-state index contributed by atoms with van der Waals surface area (Å²) in [6.45, 7) is 3.74. The van der Waals surface area contributed by atoms with Crippen LogP contribution in [-0.2, 0) is 14.3 Å². The Morgan fingerprint density at radius 2 is 1.96 bits per heavy atom. The maximum atomic E-state index is 12.2. The Kier molecular flexibility index (Phi) is 6.37. The number of imide groups is 1. The maximum absolute atomic E-state index is 12.2. The van der Waals surface area contributed by atoms with Gasteiger partial charge in [0.1, 0.15) is 6.54 Å². The van der Waals surface area contributed by atoms with Crippen LogP contribution in [0.5, 0.6) is 0 Å². The van der Waals surface area contributed by atoms with E-state index in [1.165, 1.54) is 0 Å². The molecular formula is C18H19NO4S. The van der Waals surface area contributed by atoms with Crippen LogP contribution in [0.15, 0.2) is 47.4 Å². The van der Waals surface area contributed by atoms with Gasteiger partial charge in [-0.25, -0.2) is 0 Å². The number of amides is 2. The van der Waals surface area contributed by atoms with Gasteiger partial charge in [-0.05, 0) is 29.3 Å². The second-order valence-electron chi connectivity index (χ2n) is 5.64. The first-order valence-electron chi connectivity index (χ1n) is 7.60. The number of carbonyl (C=O) groups is 3.